The average molecular weight is 400 g/mol. The van der Waals surface area contributed by atoms with E-state index >= 15 is 0 Å². The number of rotatable bonds is 4. The second-order valence-corrected chi connectivity index (χ2v) is 8.11. The maximum Gasteiger partial charge on any atom is 0.262 e. The second-order valence-electron chi connectivity index (χ2n) is 8.11. The van der Waals surface area contributed by atoms with Crippen LogP contribution in [-0.2, 0) is 11.2 Å². The molecule has 1 aliphatic rings. The minimum absolute atomic E-state index is 0.128. The zero-order chi connectivity index (χ0) is 20.8. The van der Waals surface area contributed by atoms with Crippen molar-refractivity contribution in [2.24, 2.45) is 5.92 Å². The monoisotopic (exact) mass is 400 g/mol. The number of hydrogen-bond acceptors (Lipinski definition) is 3. The van der Waals surface area contributed by atoms with Crippen molar-refractivity contribution in [2.75, 3.05) is 0 Å². The minimum Gasteiger partial charge on any atom is -0.361 e. The molecule has 2 N–H and O–H groups in total. The molecule has 5 rings (SSSR count). The van der Waals surface area contributed by atoms with Crippen LogP contribution in [0.3, 0.4) is 0 Å². The molecule has 1 aliphatic heterocycles. The topological polar surface area (TPSA) is 79.8 Å². The maximum absolute atomic E-state index is 13.5. The third kappa shape index (κ3) is 2.83. The zero-order valence-corrected chi connectivity index (χ0v) is 17.1. The number of fused-ring (bicyclic) bond motifs is 3. The van der Waals surface area contributed by atoms with E-state index in [1.807, 2.05) is 48.7 Å². The van der Waals surface area contributed by atoms with Crippen LogP contribution in [0.25, 0.3) is 21.8 Å². The zero-order valence-electron chi connectivity index (χ0n) is 17.1. The van der Waals surface area contributed by atoms with Gasteiger partial charge in [-0.25, -0.2) is 4.98 Å². The summed E-state index contributed by atoms with van der Waals surface area (Å²) in [5.41, 5.74) is 2.55. The van der Waals surface area contributed by atoms with Crippen molar-refractivity contribution >= 4 is 27.7 Å². The molecule has 3 heterocycles. The van der Waals surface area contributed by atoms with E-state index < -0.39 is 6.04 Å². The van der Waals surface area contributed by atoms with Gasteiger partial charge < -0.3 is 10.3 Å². The van der Waals surface area contributed by atoms with Crippen LogP contribution in [-0.4, -0.2) is 20.4 Å². The Balaban J connectivity index is 1.70. The van der Waals surface area contributed by atoms with E-state index in [-0.39, 0.29) is 23.4 Å². The van der Waals surface area contributed by atoms with Gasteiger partial charge in [-0.05, 0) is 29.7 Å². The van der Waals surface area contributed by atoms with E-state index in [2.05, 4.69) is 24.1 Å². The number of carbonyl (C=O) groups is 1. The first-order valence-electron chi connectivity index (χ1n) is 10.4. The lowest BCUT2D eigenvalue weighted by molar-refractivity contribution is -0.127. The van der Waals surface area contributed by atoms with Crippen LogP contribution in [0, 0.1) is 5.92 Å². The van der Waals surface area contributed by atoms with Gasteiger partial charge in [0.2, 0.25) is 5.91 Å². The first-order valence-corrected chi connectivity index (χ1v) is 10.4. The third-order valence-corrected chi connectivity index (χ3v) is 6.33. The van der Waals surface area contributed by atoms with Crippen molar-refractivity contribution in [3.05, 3.63) is 76.5 Å². The summed E-state index contributed by atoms with van der Waals surface area (Å²) >= 11 is 0. The number of hydrogen-bond donors (Lipinski definition) is 2. The Labute approximate surface area is 173 Å². The number of amides is 1. The molecule has 3 atom stereocenters. The molecule has 0 bridgehead atoms. The fraction of sp³-hybridized carbons (Fsp3) is 0.292. The molecule has 152 valence electrons. The first kappa shape index (κ1) is 18.6. The summed E-state index contributed by atoms with van der Waals surface area (Å²) in [5, 5.41) is 4.77. The quantitative estimate of drug-likeness (QED) is 0.546. The van der Waals surface area contributed by atoms with Gasteiger partial charge in [0.25, 0.3) is 5.56 Å². The predicted octanol–water partition coefficient (Wildman–Crippen LogP) is 3.88. The van der Waals surface area contributed by atoms with E-state index in [4.69, 9.17) is 4.98 Å². The van der Waals surface area contributed by atoms with Crippen LogP contribution in [0.15, 0.2) is 59.5 Å². The van der Waals surface area contributed by atoms with Crippen LogP contribution in [0.5, 0.6) is 0 Å². The van der Waals surface area contributed by atoms with Gasteiger partial charge in [0, 0.05) is 23.5 Å². The van der Waals surface area contributed by atoms with Crippen molar-refractivity contribution in [3.8, 4) is 0 Å². The average Bonchev–Trinajstić information content (AvgIpc) is 3.18. The molecule has 2 aromatic heterocycles. The molecular formula is C24H24N4O2. The van der Waals surface area contributed by atoms with Gasteiger partial charge in [0.1, 0.15) is 11.9 Å². The van der Waals surface area contributed by atoms with Gasteiger partial charge >= 0.3 is 0 Å². The largest absolute Gasteiger partial charge is 0.361 e. The van der Waals surface area contributed by atoms with Crippen LogP contribution in [0.2, 0.25) is 0 Å². The Morgan fingerprint density at radius 1 is 1.07 bits per heavy atom. The van der Waals surface area contributed by atoms with Crippen LogP contribution in [0.4, 0.5) is 0 Å². The summed E-state index contributed by atoms with van der Waals surface area (Å²) < 4.78 is 1.64. The lowest BCUT2D eigenvalue weighted by atomic mass is 9.93. The smallest absolute Gasteiger partial charge is 0.262 e. The van der Waals surface area contributed by atoms with Crippen molar-refractivity contribution in [2.45, 2.75) is 38.8 Å². The molecule has 0 fully saturated rings. The lowest BCUT2D eigenvalue weighted by Crippen LogP contribution is -2.50. The molecule has 6 nitrogen and oxygen atoms in total. The normalized spacial score (nSPS) is 19.6. The van der Waals surface area contributed by atoms with Crippen molar-refractivity contribution in [1.29, 1.82) is 0 Å². The Morgan fingerprint density at radius 3 is 2.60 bits per heavy atom. The number of aromatic nitrogens is 3. The summed E-state index contributed by atoms with van der Waals surface area (Å²) in [6.07, 6.45) is 3.23. The highest BCUT2D eigenvalue weighted by Crippen LogP contribution is 2.32. The van der Waals surface area contributed by atoms with Gasteiger partial charge in [0.05, 0.1) is 16.9 Å². The summed E-state index contributed by atoms with van der Waals surface area (Å²) in [6, 6.07) is 14.4. The third-order valence-electron chi connectivity index (χ3n) is 6.33. The number of nitrogens with zero attached hydrogens (tertiary/aromatic N) is 2. The van der Waals surface area contributed by atoms with E-state index in [0.29, 0.717) is 23.1 Å². The number of H-pyrrole nitrogens is 1. The Kier molecular flexibility index (Phi) is 4.42. The fourth-order valence-corrected chi connectivity index (χ4v) is 4.44. The molecule has 4 aromatic rings. The molecule has 0 saturated heterocycles. The summed E-state index contributed by atoms with van der Waals surface area (Å²) in [5.74, 6) is 0.692. The highest BCUT2D eigenvalue weighted by atomic mass is 16.2. The Morgan fingerprint density at radius 2 is 1.80 bits per heavy atom. The molecular weight excluding hydrogens is 376 g/mol. The number of aromatic amines is 1. The standard InChI is InChI=1S/C24H24N4O2/c1-3-14(2)21-22-26-19-11-7-5-9-17(19)24(30)28(22)20(23(29)27-21)12-15-13-25-18-10-6-4-8-16(15)18/h4-11,13-14,20-21,25H,3,12H2,1-2H3,(H,27,29)/t14?,20-,21+/m0/s1. The number of nitrogens with one attached hydrogen (secondary N) is 2. The Hall–Kier alpha value is -3.41. The molecule has 6 heteroatoms. The molecule has 0 aliphatic carbocycles. The van der Waals surface area contributed by atoms with E-state index in [9.17, 15) is 9.59 Å². The molecule has 0 radical (unpaired) electrons. The van der Waals surface area contributed by atoms with Crippen molar-refractivity contribution in [1.82, 2.24) is 19.9 Å². The van der Waals surface area contributed by atoms with Gasteiger partial charge in [-0.1, -0.05) is 50.6 Å². The molecule has 0 saturated carbocycles. The maximum atomic E-state index is 13.5. The van der Waals surface area contributed by atoms with E-state index in [1.54, 1.807) is 10.6 Å². The van der Waals surface area contributed by atoms with Gasteiger partial charge in [-0.3, -0.25) is 14.2 Å². The molecule has 0 spiro atoms. The van der Waals surface area contributed by atoms with Gasteiger partial charge in [-0.2, -0.15) is 0 Å². The Bertz CT molecular complexity index is 1320. The molecule has 1 unspecified atom stereocenters. The SMILES string of the molecule is CCC(C)[C@H]1NC(=O)[C@H](Cc2c[nH]c3ccccc23)n2c1nc1ccccc1c2=O. The fourth-order valence-electron chi connectivity index (χ4n) is 4.44. The molecule has 2 aromatic carbocycles. The van der Waals surface area contributed by atoms with Crippen molar-refractivity contribution in [3.63, 3.8) is 0 Å². The number of carbonyl (C=O) groups excluding carboxylic acids is 1. The summed E-state index contributed by atoms with van der Waals surface area (Å²) in [4.78, 5) is 34.8. The highest BCUT2D eigenvalue weighted by molar-refractivity contribution is 5.87. The summed E-state index contributed by atoms with van der Waals surface area (Å²) in [7, 11) is 0. The van der Waals surface area contributed by atoms with Gasteiger partial charge in [0.15, 0.2) is 0 Å². The summed E-state index contributed by atoms with van der Waals surface area (Å²) in [6.45, 7) is 4.16. The molecule has 1 amide bonds. The number of benzene rings is 2. The highest BCUT2D eigenvalue weighted by Gasteiger charge is 2.37. The molecule has 30 heavy (non-hydrogen) atoms. The number of para-hydroxylation sites is 2. The van der Waals surface area contributed by atoms with Crippen molar-refractivity contribution < 1.29 is 4.79 Å². The minimum atomic E-state index is -0.635. The van der Waals surface area contributed by atoms with E-state index in [1.165, 1.54) is 0 Å². The second kappa shape index (κ2) is 7.13. The van der Waals surface area contributed by atoms with Gasteiger partial charge in [-0.15, -0.1) is 0 Å². The van der Waals surface area contributed by atoms with E-state index in [0.717, 1.165) is 22.9 Å². The first-order chi connectivity index (χ1) is 14.6. The van der Waals surface area contributed by atoms with Crippen LogP contribution >= 0.6 is 0 Å². The van der Waals surface area contributed by atoms with Crippen LogP contribution < -0.4 is 10.9 Å². The predicted molar refractivity (Wildman–Crippen MR) is 117 cm³/mol. The van der Waals surface area contributed by atoms with Crippen LogP contribution in [0.1, 0.15) is 43.7 Å². The lowest BCUT2D eigenvalue weighted by Gasteiger charge is -2.35.